The molecule has 2 N–H and O–H groups in total. The van der Waals surface area contributed by atoms with E-state index in [2.05, 4.69) is 24.1 Å². The molecule has 2 fully saturated rings. The summed E-state index contributed by atoms with van der Waals surface area (Å²) in [5.41, 5.74) is 0. The van der Waals surface area contributed by atoms with Crippen molar-refractivity contribution in [1.82, 2.24) is 15.1 Å². The van der Waals surface area contributed by atoms with E-state index in [0.29, 0.717) is 25.4 Å². The van der Waals surface area contributed by atoms with Crippen molar-refractivity contribution in [2.75, 3.05) is 32.7 Å². The van der Waals surface area contributed by atoms with Crippen molar-refractivity contribution >= 4 is 17.8 Å². The molecule has 0 radical (unpaired) electrons. The summed E-state index contributed by atoms with van der Waals surface area (Å²) < 4.78 is 4.88. The van der Waals surface area contributed by atoms with Crippen LogP contribution in [0.25, 0.3) is 0 Å². The van der Waals surface area contributed by atoms with Gasteiger partial charge in [0.05, 0.1) is 0 Å². The summed E-state index contributed by atoms with van der Waals surface area (Å²) in [6, 6.07) is -0.641. The molecule has 2 rings (SSSR count). The number of hydrogen-bond donors (Lipinski definition) is 2. The molecule has 148 valence electrons. The first-order valence-electron chi connectivity index (χ1n) is 9.38. The van der Waals surface area contributed by atoms with Crippen LogP contribution in [-0.2, 0) is 19.1 Å². The van der Waals surface area contributed by atoms with Gasteiger partial charge in [-0.3, -0.25) is 14.5 Å². The second kappa shape index (κ2) is 8.81. The molecule has 8 nitrogen and oxygen atoms in total. The zero-order valence-electron chi connectivity index (χ0n) is 16.1. The van der Waals surface area contributed by atoms with Crippen LogP contribution in [0.3, 0.4) is 0 Å². The summed E-state index contributed by atoms with van der Waals surface area (Å²) in [6.45, 7) is 12.3. The molecule has 2 amide bonds. The molecule has 0 aromatic rings. The first kappa shape index (κ1) is 20.6. The van der Waals surface area contributed by atoms with Gasteiger partial charge in [0.1, 0.15) is 6.04 Å². The number of epoxide rings is 1. The third-order valence-electron chi connectivity index (χ3n) is 4.62. The van der Waals surface area contributed by atoms with Gasteiger partial charge in [0, 0.05) is 32.7 Å². The maximum atomic E-state index is 12.9. The van der Waals surface area contributed by atoms with E-state index in [9.17, 15) is 14.4 Å². The molecule has 0 saturated carbocycles. The van der Waals surface area contributed by atoms with Crippen molar-refractivity contribution in [2.45, 2.75) is 52.4 Å². The van der Waals surface area contributed by atoms with Crippen LogP contribution in [0.1, 0.15) is 34.1 Å². The largest absolute Gasteiger partial charge is 0.479 e. The summed E-state index contributed by atoms with van der Waals surface area (Å²) in [4.78, 5) is 40.1. The van der Waals surface area contributed by atoms with Gasteiger partial charge in [0.25, 0.3) is 5.91 Å². The quantitative estimate of drug-likeness (QED) is 0.591. The van der Waals surface area contributed by atoms with Crippen LogP contribution in [0.2, 0.25) is 0 Å². The maximum absolute atomic E-state index is 12.9. The van der Waals surface area contributed by atoms with E-state index in [1.165, 1.54) is 0 Å². The first-order valence-corrected chi connectivity index (χ1v) is 9.38. The number of aliphatic carboxylic acids is 1. The number of nitrogens with zero attached hydrogens (tertiary/aromatic N) is 2. The third kappa shape index (κ3) is 5.67. The molecule has 2 aliphatic heterocycles. The molecular weight excluding hydrogens is 338 g/mol. The normalized spacial score (nSPS) is 24.6. The molecule has 0 aliphatic carbocycles. The number of nitrogens with one attached hydrogen (secondary N) is 1. The molecule has 0 aromatic heterocycles. The van der Waals surface area contributed by atoms with Gasteiger partial charge in [0.2, 0.25) is 5.91 Å². The van der Waals surface area contributed by atoms with Crippen molar-refractivity contribution in [3.8, 4) is 0 Å². The first-order chi connectivity index (χ1) is 12.2. The molecule has 0 spiro atoms. The molecule has 2 heterocycles. The summed E-state index contributed by atoms with van der Waals surface area (Å²) in [7, 11) is 0. The lowest BCUT2D eigenvalue weighted by Gasteiger charge is -2.37. The zero-order valence-corrected chi connectivity index (χ0v) is 16.1. The van der Waals surface area contributed by atoms with Crippen LogP contribution in [0.15, 0.2) is 0 Å². The molecule has 0 unspecified atom stereocenters. The van der Waals surface area contributed by atoms with Crippen LogP contribution in [-0.4, -0.2) is 83.7 Å². The van der Waals surface area contributed by atoms with Gasteiger partial charge in [-0.25, -0.2) is 4.79 Å². The van der Waals surface area contributed by atoms with Gasteiger partial charge >= 0.3 is 5.97 Å². The van der Waals surface area contributed by atoms with E-state index in [4.69, 9.17) is 9.84 Å². The monoisotopic (exact) mass is 369 g/mol. The highest BCUT2D eigenvalue weighted by Gasteiger charge is 2.51. The lowest BCUT2D eigenvalue weighted by atomic mass is 10.0. The fourth-order valence-corrected chi connectivity index (χ4v) is 3.33. The van der Waals surface area contributed by atoms with Crippen molar-refractivity contribution < 1.29 is 24.2 Å². The fraction of sp³-hybridized carbons (Fsp3) is 0.833. The SMILES string of the molecule is CC(C)C[C@H](NC(=O)[C@H]1O[C@@H]1C(=O)O)C(=O)N1CCN(CC(C)C)CC1. The zero-order chi connectivity index (χ0) is 19.4. The second-order valence-electron chi connectivity index (χ2n) is 8.03. The van der Waals surface area contributed by atoms with Crippen molar-refractivity contribution in [3.05, 3.63) is 0 Å². The average molecular weight is 369 g/mol. The van der Waals surface area contributed by atoms with Crippen LogP contribution in [0.5, 0.6) is 0 Å². The summed E-state index contributed by atoms with van der Waals surface area (Å²) >= 11 is 0. The molecule has 26 heavy (non-hydrogen) atoms. The Morgan fingerprint density at radius 2 is 1.65 bits per heavy atom. The predicted octanol–water partition coefficient (Wildman–Crippen LogP) is 0.170. The van der Waals surface area contributed by atoms with Crippen LogP contribution in [0.4, 0.5) is 0 Å². The molecule has 8 heteroatoms. The number of carbonyl (C=O) groups excluding carboxylic acids is 2. The Morgan fingerprint density at radius 3 is 2.12 bits per heavy atom. The summed E-state index contributed by atoms with van der Waals surface area (Å²) in [5.74, 6) is -0.954. The molecule has 0 aromatic carbocycles. The standard InChI is InChI=1S/C18H31N3O5/c1-11(2)9-13(19-16(22)14-15(26-14)18(24)25)17(23)21-7-5-20(6-8-21)10-12(3)4/h11-15H,5-10H2,1-4H3,(H,19,22)(H,24,25)/t13-,14-,15-/m0/s1. The Hall–Kier alpha value is -1.67. The minimum Gasteiger partial charge on any atom is -0.479 e. The highest BCUT2D eigenvalue weighted by Crippen LogP contribution is 2.23. The number of amides is 2. The van der Waals surface area contributed by atoms with Gasteiger partial charge in [-0.15, -0.1) is 0 Å². The number of carboxylic acids is 1. The molecule has 0 bridgehead atoms. The van der Waals surface area contributed by atoms with Gasteiger partial charge < -0.3 is 20.1 Å². The molecular formula is C18H31N3O5. The Bertz CT molecular complexity index is 529. The van der Waals surface area contributed by atoms with Gasteiger partial charge in [-0.2, -0.15) is 0 Å². The Kier molecular flexibility index (Phi) is 7.00. The summed E-state index contributed by atoms with van der Waals surface area (Å²) in [5, 5.41) is 11.6. The van der Waals surface area contributed by atoms with E-state index in [1.54, 1.807) is 4.90 Å². The van der Waals surface area contributed by atoms with Crippen LogP contribution < -0.4 is 5.32 Å². The Morgan fingerprint density at radius 1 is 1.04 bits per heavy atom. The number of ether oxygens (including phenoxy) is 1. The van der Waals surface area contributed by atoms with Gasteiger partial charge in [0.15, 0.2) is 12.2 Å². The van der Waals surface area contributed by atoms with E-state index in [-0.39, 0.29) is 11.8 Å². The topological polar surface area (TPSA) is 102 Å². The number of rotatable bonds is 8. The Labute approximate surface area is 154 Å². The van der Waals surface area contributed by atoms with E-state index >= 15 is 0 Å². The maximum Gasteiger partial charge on any atom is 0.336 e. The smallest absolute Gasteiger partial charge is 0.336 e. The minimum absolute atomic E-state index is 0.0937. The fourth-order valence-electron chi connectivity index (χ4n) is 3.33. The highest BCUT2D eigenvalue weighted by molar-refractivity contribution is 5.95. The predicted molar refractivity (Wildman–Crippen MR) is 95.5 cm³/mol. The number of hydrogen-bond acceptors (Lipinski definition) is 5. The summed E-state index contributed by atoms with van der Waals surface area (Å²) in [6.07, 6.45) is -1.57. The number of piperazine rings is 1. The van der Waals surface area contributed by atoms with Gasteiger partial charge in [-0.05, 0) is 18.3 Å². The van der Waals surface area contributed by atoms with Gasteiger partial charge in [-0.1, -0.05) is 27.7 Å². The van der Waals surface area contributed by atoms with Crippen LogP contribution >= 0.6 is 0 Å². The van der Waals surface area contributed by atoms with E-state index in [0.717, 1.165) is 19.6 Å². The Balaban J connectivity index is 1.91. The average Bonchev–Trinajstić information content (AvgIpc) is 3.34. The number of carbonyl (C=O) groups is 3. The highest BCUT2D eigenvalue weighted by atomic mass is 16.6. The molecule has 2 aliphatic rings. The minimum atomic E-state index is -1.15. The van der Waals surface area contributed by atoms with Crippen molar-refractivity contribution in [1.29, 1.82) is 0 Å². The van der Waals surface area contributed by atoms with Crippen molar-refractivity contribution in [3.63, 3.8) is 0 Å². The lowest BCUT2D eigenvalue weighted by Crippen LogP contribution is -2.56. The second-order valence-corrected chi connectivity index (χ2v) is 8.03. The van der Waals surface area contributed by atoms with Crippen LogP contribution in [0, 0.1) is 11.8 Å². The number of carboxylic acid groups (broad SMARTS) is 1. The third-order valence-corrected chi connectivity index (χ3v) is 4.62. The van der Waals surface area contributed by atoms with E-state index in [1.807, 2.05) is 13.8 Å². The lowest BCUT2D eigenvalue weighted by molar-refractivity contribution is -0.138. The van der Waals surface area contributed by atoms with Crippen molar-refractivity contribution in [2.24, 2.45) is 11.8 Å². The van der Waals surface area contributed by atoms with E-state index < -0.39 is 30.1 Å². The molecule has 3 atom stereocenters. The molecule has 2 saturated heterocycles.